The second-order valence-corrected chi connectivity index (χ2v) is 4.09. The largest absolute Gasteiger partial charge is 0.495 e. The summed E-state index contributed by atoms with van der Waals surface area (Å²) in [5, 5.41) is 6.95. The molecule has 0 fully saturated rings. The number of ether oxygens (including phenoxy) is 1. The van der Waals surface area contributed by atoms with Crippen LogP contribution >= 0.6 is 0 Å². The van der Waals surface area contributed by atoms with Gasteiger partial charge < -0.3 is 20.7 Å². The first-order valence-electron chi connectivity index (χ1n) is 6.06. The Kier molecular flexibility index (Phi) is 5.81. The highest BCUT2D eigenvalue weighted by Gasteiger charge is 2.18. The van der Waals surface area contributed by atoms with Crippen LogP contribution < -0.4 is 20.7 Å². The first-order chi connectivity index (χ1) is 9.08. The van der Waals surface area contributed by atoms with Gasteiger partial charge in [0.15, 0.2) is 12.6 Å². The van der Waals surface area contributed by atoms with Crippen molar-refractivity contribution in [3.8, 4) is 5.75 Å². The number of carbonyl (C=O) groups excluding carboxylic acids is 2. The minimum absolute atomic E-state index is 0.114. The lowest BCUT2D eigenvalue weighted by atomic mass is 10.2. The normalized spacial score (nSPS) is 11.5. The minimum atomic E-state index is -0.359. The third-order valence-electron chi connectivity index (χ3n) is 2.71. The average molecular weight is 266 g/mol. The molecule has 0 aliphatic carbocycles. The molecule has 0 aliphatic heterocycles. The lowest BCUT2D eigenvalue weighted by molar-refractivity contribution is -0.662. The number of rotatable bonds is 6. The van der Waals surface area contributed by atoms with E-state index in [4.69, 9.17) is 4.74 Å². The van der Waals surface area contributed by atoms with Gasteiger partial charge in [0.05, 0.1) is 12.8 Å². The zero-order chi connectivity index (χ0) is 14.3. The van der Waals surface area contributed by atoms with Crippen molar-refractivity contribution in [2.24, 2.45) is 0 Å². The van der Waals surface area contributed by atoms with Gasteiger partial charge in [-0.2, -0.15) is 0 Å². The fourth-order valence-corrected chi connectivity index (χ4v) is 1.49. The van der Waals surface area contributed by atoms with Crippen molar-refractivity contribution >= 4 is 17.5 Å². The summed E-state index contributed by atoms with van der Waals surface area (Å²) in [5.41, 5.74) is 0.621. The molecule has 0 bridgehead atoms. The molecule has 1 aromatic carbocycles. The zero-order valence-electron chi connectivity index (χ0n) is 11.4. The number of hydrogen-bond acceptors (Lipinski definition) is 3. The standard InChI is InChI=1S/C13H19N3O3/c1-9(15-8-12(17)14-2)13(18)16-10-6-4-5-7-11(10)19-3/h4-7,9,15H,8H2,1-3H3,(H,14,17)(H,16,18)/p+1/t9-/m1/s1. The number of carbonyl (C=O) groups is 2. The molecule has 0 unspecified atom stereocenters. The molecule has 6 heteroatoms. The average Bonchev–Trinajstić information content (AvgIpc) is 2.44. The summed E-state index contributed by atoms with van der Waals surface area (Å²) >= 11 is 0. The Hall–Kier alpha value is -2.08. The van der Waals surface area contributed by atoms with Gasteiger partial charge in [-0.3, -0.25) is 9.59 Å². The van der Waals surface area contributed by atoms with Crippen LogP contribution in [0.25, 0.3) is 0 Å². The van der Waals surface area contributed by atoms with Gasteiger partial charge in [0.25, 0.3) is 11.8 Å². The number of nitrogens with one attached hydrogen (secondary N) is 2. The fourth-order valence-electron chi connectivity index (χ4n) is 1.49. The van der Waals surface area contributed by atoms with Gasteiger partial charge in [0, 0.05) is 7.05 Å². The number of amides is 2. The molecular formula is C13H20N3O3+. The predicted molar refractivity (Wildman–Crippen MR) is 71.9 cm³/mol. The number of para-hydroxylation sites is 2. The summed E-state index contributed by atoms with van der Waals surface area (Å²) in [7, 11) is 3.11. The zero-order valence-corrected chi connectivity index (χ0v) is 11.4. The van der Waals surface area contributed by atoms with E-state index in [-0.39, 0.29) is 24.4 Å². The van der Waals surface area contributed by atoms with Crippen LogP contribution in [0.2, 0.25) is 0 Å². The molecule has 6 nitrogen and oxygen atoms in total. The molecule has 0 saturated carbocycles. The van der Waals surface area contributed by atoms with Crippen molar-refractivity contribution in [1.82, 2.24) is 5.32 Å². The lowest BCUT2D eigenvalue weighted by Gasteiger charge is -2.13. The molecule has 0 heterocycles. The summed E-state index contributed by atoms with van der Waals surface area (Å²) < 4.78 is 5.15. The third kappa shape index (κ3) is 4.59. The minimum Gasteiger partial charge on any atom is -0.495 e. The molecular weight excluding hydrogens is 246 g/mol. The van der Waals surface area contributed by atoms with Crippen LogP contribution in [0.15, 0.2) is 24.3 Å². The van der Waals surface area contributed by atoms with E-state index in [2.05, 4.69) is 10.6 Å². The van der Waals surface area contributed by atoms with Crippen molar-refractivity contribution in [2.45, 2.75) is 13.0 Å². The number of hydrogen-bond donors (Lipinski definition) is 3. The van der Waals surface area contributed by atoms with Gasteiger partial charge in [0.1, 0.15) is 5.75 Å². The van der Waals surface area contributed by atoms with Crippen LogP contribution in [0.5, 0.6) is 5.75 Å². The molecule has 4 N–H and O–H groups in total. The number of nitrogens with two attached hydrogens (primary N) is 1. The van der Waals surface area contributed by atoms with E-state index in [1.54, 1.807) is 38.5 Å². The summed E-state index contributed by atoms with van der Waals surface area (Å²) in [5.74, 6) is 0.319. The van der Waals surface area contributed by atoms with Gasteiger partial charge >= 0.3 is 0 Å². The number of anilines is 1. The topological polar surface area (TPSA) is 84.0 Å². The Morgan fingerprint density at radius 1 is 1.37 bits per heavy atom. The van der Waals surface area contributed by atoms with Gasteiger partial charge in [0.2, 0.25) is 0 Å². The molecule has 19 heavy (non-hydrogen) atoms. The van der Waals surface area contributed by atoms with Crippen LogP contribution in [-0.2, 0) is 9.59 Å². The van der Waals surface area contributed by atoms with Crippen molar-refractivity contribution in [3.63, 3.8) is 0 Å². The Balaban J connectivity index is 2.56. The second kappa shape index (κ2) is 7.38. The Morgan fingerprint density at radius 2 is 2.05 bits per heavy atom. The molecule has 0 aliphatic rings. The Bertz CT molecular complexity index is 449. The molecule has 0 spiro atoms. The highest BCUT2D eigenvalue weighted by atomic mass is 16.5. The highest BCUT2D eigenvalue weighted by molar-refractivity contribution is 5.95. The van der Waals surface area contributed by atoms with Crippen LogP contribution in [0, 0.1) is 0 Å². The smallest absolute Gasteiger partial charge is 0.282 e. The van der Waals surface area contributed by atoms with Crippen LogP contribution in [-0.4, -0.2) is 38.6 Å². The summed E-state index contributed by atoms with van der Waals surface area (Å²) in [4.78, 5) is 23.1. The van der Waals surface area contributed by atoms with E-state index in [1.807, 2.05) is 12.1 Å². The highest BCUT2D eigenvalue weighted by Crippen LogP contribution is 2.22. The summed E-state index contributed by atoms with van der Waals surface area (Å²) in [6, 6.07) is 6.82. The third-order valence-corrected chi connectivity index (χ3v) is 2.71. The van der Waals surface area contributed by atoms with E-state index in [0.29, 0.717) is 11.4 Å². The molecule has 1 rings (SSSR count). The van der Waals surface area contributed by atoms with Crippen molar-refractivity contribution in [1.29, 1.82) is 0 Å². The maximum atomic E-state index is 12.0. The monoisotopic (exact) mass is 266 g/mol. The predicted octanol–water partition coefficient (Wildman–Crippen LogP) is -0.668. The lowest BCUT2D eigenvalue weighted by Crippen LogP contribution is -2.93. The Morgan fingerprint density at radius 3 is 2.68 bits per heavy atom. The summed E-state index contributed by atoms with van der Waals surface area (Å²) in [6.07, 6.45) is 0. The van der Waals surface area contributed by atoms with E-state index in [0.717, 1.165) is 0 Å². The molecule has 1 atom stereocenters. The van der Waals surface area contributed by atoms with Gasteiger partial charge in [-0.05, 0) is 19.1 Å². The van der Waals surface area contributed by atoms with Crippen molar-refractivity contribution in [2.75, 3.05) is 26.0 Å². The molecule has 1 aromatic rings. The quantitative estimate of drug-likeness (QED) is 0.638. The van der Waals surface area contributed by atoms with Crippen molar-refractivity contribution in [3.05, 3.63) is 24.3 Å². The Labute approximate surface area is 112 Å². The number of quaternary nitrogens is 1. The molecule has 104 valence electrons. The van der Waals surface area contributed by atoms with Crippen LogP contribution in [0.1, 0.15) is 6.92 Å². The van der Waals surface area contributed by atoms with Gasteiger partial charge in [-0.15, -0.1) is 0 Å². The first kappa shape index (κ1) is 15.0. The maximum absolute atomic E-state index is 12.0. The SMILES string of the molecule is CNC(=O)C[NH2+][C@H](C)C(=O)Nc1ccccc1OC. The molecule has 0 saturated heterocycles. The van der Waals surface area contributed by atoms with Crippen molar-refractivity contribution < 1.29 is 19.6 Å². The number of likely N-dealkylation sites (N-methyl/N-ethyl adjacent to an activating group) is 1. The fraction of sp³-hybridized carbons (Fsp3) is 0.385. The van der Waals surface area contributed by atoms with Gasteiger partial charge in [-0.1, -0.05) is 12.1 Å². The van der Waals surface area contributed by atoms with E-state index in [9.17, 15) is 9.59 Å². The summed E-state index contributed by atoms with van der Waals surface area (Å²) in [6.45, 7) is 1.96. The number of benzene rings is 1. The van der Waals surface area contributed by atoms with E-state index in [1.165, 1.54) is 0 Å². The van der Waals surface area contributed by atoms with Crippen LogP contribution in [0.3, 0.4) is 0 Å². The maximum Gasteiger partial charge on any atom is 0.282 e. The van der Waals surface area contributed by atoms with E-state index < -0.39 is 0 Å². The van der Waals surface area contributed by atoms with Crippen LogP contribution in [0.4, 0.5) is 5.69 Å². The number of methoxy groups -OCH3 is 1. The second-order valence-electron chi connectivity index (χ2n) is 4.09. The van der Waals surface area contributed by atoms with E-state index >= 15 is 0 Å². The first-order valence-corrected chi connectivity index (χ1v) is 6.06. The van der Waals surface area contributed by atoms with Gasteiger partial charge in [-0.25, -0.2) is 0 Å². The molecule has 2 amide bonds. The molecule has 0 radical (unpaired) electrons. The molecule has 0 aromatic heterocycles.